The number of hydrogen-bond donors (Lipinski definition) is 2. The smallest absolute Gasteiger partial charge is 0.157 e. The van der Waals surface area contributed by atoms with Crippen LogP contribution in [-0.2, 0) is 0 Å². The Morgan fingerprint density at radius 3 is 2.32 bits per heavy atom. The molecule has 2 aromatic rings. The highest BCUT2D eigenvalue weighted by Crippen LogP contribution is 2.33. The topological polar surface area (TPSA) is 35.9 Å². The van der Waals surface area contributed by atoms with Crippen LogP contribution in [0.25, 0.3) is 0 Å². The van der Waals surface area contributed by atoms with Crippen LogP contribution in [0.1, 0.15) is 0 Å². The lowest BCUT2D eigenvalue weighted by atomic mass is 10.3. The molecular weight excluding hydrogens is 387 g/mol. The van der Waals surface area contributed by atoms with E-state index in [0.717, 1.165) is 10.6 Å². The van der Waals surface area contributed by atoms with E-state index in [1.165, 1.54) is 16.7 Å². The standard InChI is InChI=1S/C14H14N2S2.HI/c1-17-14(15)16-12-9-5-6-10-13(12)18-11-7-3-2-4-8-11;/h2-10H,1H3,(H2,15,16);1H. The van der Waals surface area contributed by atoms with Crippen LogP contribution in [0.3, 0.4) is 0 Å². The van der Waals surface area contributed by atoms with Crippen molar-refractivity contribution in [2.45, 2.75) is 9.79 Å². The molecule has 2 aromatic carbocycles. The van der Waals surface area contributed by atoms with E-state index in [-0.39, 0.29) is 24.0 Å². The third-order valence-corrected chi connectivity index (χ3v) is 3.90. The van der Waals surface area contributed by atoms with Gasteiger partial charge in [0.1, 0.15) is 0 Å². The van der Waals surface area contributed by atoms with Gasteiger partial charge < -0.3 is 5.32 Å². The number of benzene rings is 2. The first-order chi connectivity index (χ1) is 8.79. The Hall–Kier alpha value is -0.660. The highest BCUT2D eigenvalue weighted by Gasteiger charge is 2.04. The van der Waals surface area contributed by atoms with Gasteiger partial charge in [0, 0.05) is 9.79 Å². The van der Waals surface area contributed by atoms with Crippen LogP contribution in [-0.4, -0.2) is 11.4 Å². The van der Waals surface area contributed by atoms with Crippen molar-refractivity contribution in [3.05, 3.63) is 54.6 Å². The van der Waals surface area contributed by atoms with Gasteiger partial charge in [-0.3, -0.25) is 5.41 Å². The second-order valence-corrected chi connectivity index (χ2v) is 5.50. The zero-order valence-electron chi connectivity index (χ0n) is 10.4. The predicted molar refractivity (Wildman–Crippen MR) is 97.3 cm³/mol. The zero-order chi connectivity index (χ0) is 12.8. The van der Waals surface area contributed by atoms with E-state index in [1.807, 2.05) is 42.7 Å². The minimum Gasteiger partial charge on any atom is -0.334 e. The molecule has 0 saturated heterocycles. The molecule has 0 amide bonds. The minimum absolute atomic E-state index is 0. The highest BCUT2D eigenvalue weighted by molar-refractivity contribution is 14.0. The lowest BCUT2D eigenvalue weighted by molar-refractivity contribution is 1.39. The monoisotopic (exact) mass is 402 g/mol. The van der Waals surface area contributed by atoms with Gasteiger partial charge in [0.05, 0.1) is 5.69 Å². The summed E-state index contributed by atoms with van der Waals surface area (Å²) in [6.45, 7) is 0. The third-order valence-electron chi connectivity index (χ3n) is 2.31. The van der Waals surface area contributed by atoms with Crippen LogP contribution < -0.4 is 5.32 Å². The van der Waals surface area contributed by atoms with Crippen LogP contribution in [0.4, 0.5) is 5.69 Å². The second kappa shape index (κ2) is 8.50. The number of rotatable bonds is 3. The Balaban J connectivity index is 0.00000180. The van der Waals surface area contributed by atoms with Crippen molar-refractivity contribution in [2.24, 2.45) is 0 Å². The van der Waals surface area contributed by atoms with E-state index < -0.39 is 0 Å². The van der Waals surface area contributed by atoms with Gasteiger partial charge in [0.15, 0.2) is 5.17 Å². The van der Waals surface area contributed by atoms with Gasteiger partial charge in [-0.2, -0.15) is 0 Å². The summed E-state index contributed by atoms with van der Waals surface area (Å²) in [6.07, 6.45) is 1.89. The molecule has 0 heterocycles. The highest BCUT2D eigenvalue weighted by atomic mass is 127. The number of anilines is 1. The Labute approximate surface area is 139 Å². The number of thioether (sulfide) groups is 1. The molecule has 100 valence electrons. The molecule has 0 spiro atoms. The molecule has 2 rings (SSSR count). The Morgan fingerprint density at radius 1 is 1.00 bits per heavy atom. The first kappa shape index (κ1) is 16.4. The van der Waals surface area contributed by atoms with Crippen molar-refractivity contribution in [1.29, 1.82) is 5.41 Å². The molecule has 0 aliphatic rings. The van der Waals surface area contributed by atoms with E-state index in [9.17, 15) is 0 Å². The number of nitrogens with one attached hydrogen (secondary N) is 2. The van der Waals surface area contributed by atoms with E-state index in [1.54, 1.807) is 11.8 Å². The minimum atomic E-state index is 0. The van der Waals surface area contributed by atoms with Crippen molar-refractivity contribution >= 4 is 58.4 Å². The van der Waals surface area contributed by atoms with E-state index in [2.05, 4.69) is 23.5 Å². The number of amidine groups is 1. The summed E-state index contributed by atoms with van der Waals surface area (Å²) in [6, 6.07) is 18.3. The quantitative estimate of drug-likeness (QED) is 0.423. The molecule has 0 radical (unpaired) electrons. The summed E-state index contributed by atoms with van der Waals surface area (Å²) in [5.41, 5.74) is 0.978. The van der Waals surface area contributed by atoms with Crippen LogP contribution in [0.15, 0.2) is 64.4 Å². The molecule has 0 saturated carbocycles. The molecule has 0 aromatic heterocycles. The summed E-state index contributed by atoms with van der Waals surface area (Å²) in [4.78, 5) is 2.32. The van der Waals surface area contributed by atoms with Crippen LogP contribution >= 0.6 is 47.5 Å². The summed E-state index contributed by atoms with van der Waals surface area (Å²) in [5.74, 6) is 0. The summed E-state index contributed by atoms with van der Waals surface area (Å²) in [7, 11) is 0. The lowest BCUT2D eigenvalue weighted by Crippen LogP contribution is -2.05. The fourth-order valence-corrected chi connectivity index (χ4v) is 2.58. The normalized spacial score (nSPS) is 9.53. The van der Waals surface area contributed by atoms with Crippen molar-refractivity contribution in [3.63, 3.8) is 0 Å². The van der Waals surface area contributed by atoms with Gasteiger partial charge in [-0.25, -0.2) is 0 Å². The lowest BCUT2D eigenvalue weighted by Gasteiger charge is -2.10. The molecule has 0 bridgehead atoms. The SMILES string of the molecule is CSC(=N)Nc1ccccc1Sc1ccccc1.I. The Morgan fingerprint density at radius 2 is 1.63 bits per heavy atom. The number of hydrogen-bond acceptors (Lipinski definition) is 3. The Bertz CT molecular complexity index is 532. The van der Waals surface area contributed by atoms with Gasteiger partial charge in [0.2, 0.25) is 0 Å². The van der Waals surface area contributed by atoms with Gasteiger partial charge in [-0.05, 0) is 30.5 Å². The van der Waals surface area contributed by atoms with Crippen molar-refractivity contribution in [3.8, 4) is 0 Å². The van der Waals surface area contributed by atoms with E-state index in [4.69, 9.17) is 5.41 Å². The van der Waals surface area contributed by atoms with Gasteiger partial charge in [0.25, 0.3) is 0 Å². The zero-order valence-corrected chi connectivity index (χ0v) is 14.4. The van der Waals surface area contributed by atoms with Gasteiger partial charge in [-0.1, -0.05) is 53.9 Å². The van der Waals surface area contributed by atoms with Crippen molar-refractivity contribution < 1.29 is 0 Å². The van der Waals surface area contributed by atoms with Gasteiger partial charge >= 0.3 is 0 Å². The largest absolute Gasteiger partial charge is 0.334 e. The molecule has 19 heavy (non-hydrogen) atoms. The van der Waals surface area contributed by atoms with Crippen molar-refractivity contribution in [1.82, 2.24) is 0 Å². The molecule has 0 aliphatic heterocycles. The molecule has 5 heteroatoms. The fourth-order valence-electron chi connectivity index (χ4n) is 1.45. The molecule has 2 nitrogen and oxygen atoms in total. The third kappa shape index (κ3) is 5.08. The summed E-state index contributed by atoms with van der Waals surface area (Å²) < 4.78 is 0. The summed E-state index contributed by atoms with van der Waals surface area (Å²) >= 11 is 3.10. The second-order valence-electron chi connectivity index (χ2n) is 3.57. The molecule has 0 fully saturated rings. The van der Waals surface area contributed by atoms with Crippen LogP contribution in [0, 0.1) is 5.41 Å². The fraction of sp³-hybridized carbons (Fsp3) is 0.0714. The van der Waals surface area contributed by atoms with Crippen molar-refractivity contribution in [2.75, 3.05) is 11.6 Å². The predicted octanol–water partition coefficient (Wildman–Crippen LogP) is 5.17. The maximum absolute atomic E-state index is 7.69. The van der Waals surface area contributed by atoms with Crippen LogP contribution in [0.2, 0.25) is 0 Å². The van der Waals surface area contributed by atoms with E-state index >= 15 is 0 Å². The molecular formula is C14H15IN2S2. The number of halogens is 1. The molecule has 0 aliphatic carbocycles. The maximum atomic E-state index is 7.69. The van der Waals surface area contributed by atoms with Gasteiger partial charge in [-0.15, -0.1) is 24.0 Å². The molecule has 2 N–H and O–H groups in total. The number of para-hydroxylation sites is 1. The first-order valence-corrected chi connectivity index (χ1v) is 7.55. The summed E-state index contributed by atoms with van der Waals surface area (Å²) in [5, 5.41) is 11.3. The van der Waals surface area contributed by atoms with E-state index in [0.29, 0.717) is 5.17 Å². The molecule has 0 atom stereocenters. The van der Waals surface area contributed by atoms with Crippen LogP contribution in [0.5, 0.6) is 0 Å². The average molecular weight is 402 g/mol. The average Bonchev–Trinajstić information content (AvgIpc) is 2.42. The maximum Gasteiger partial charge on any atom is 0.157 e. The molecule has 0 unspecified atom stereocenters. The Kier molecular flexibility index (Phi) is 7.33. The first-order valence-electron chi connectivity index (χ1n) is 5.51.